The van der Waals surface area contributed by atoms with Crippen molar-refractivity contribution >= 4 is 5.78 Å². The Morgan fingerprint density at radius 1 is 1.70 bits per heavy atom. The molecule has 10 heavy (non-hydrogen) atoms. The van der Waals surface area contributed by atoms with Gasteiger partial charge in [-0.25, -0.2) is 0 Å². The molecule has 2 heteroatoms. The second kappa shape index (κ2) is 2.52. The fourth-order valence-electron chi connectivity index (χ4n) is 0.701. The van der Waals surface area contributed by atoms with E-state index in [1.807, 2.05) is 0 Å². The van der Waals surface area contributed by atoms with E-state index in [2.05, 4.69) is 11.6 Å². The van der Waals surface area contributed by atoms with Gasteiger partial charge >= 0.3 is 0 Å². The van der Waals surface area contributed by atoms with Gasteiger partial charge in [0.15, 0.2) is 0 Å². The Hall–Kier alpha value is -1.31. The molecule has 0 aliphatic carbocycles. The molecule has 52 valence electrons. The molecule has 0 atom stereocenters. The SMILES string of the molecule is C=C(C)C(=O)c1ccc[nH]1. The van der Waals surface area contributed by atoms with E-state index in [-0.39, 0.29) is 5.78 Å². The Balaban J connectivity index is 2.88. The molecule has 0 unspecified atom stereocenters. The van der Waals surface area contributed by atoms with E-state index in [9.17, 15) is 4.79 Å². The molecule has 0 aliphatic heterocycles. The van der Waals surface area contributed by atoms with Crippen molar-refractivity contribution < 1.29 is 4.79 Å². The molecule has 0 amide bonds. The molecule has 0 aromatic carbocycles. The van der Waals surface area contributed by atoms with Crippen LogP contribution in [0.5, 0.6) is 0 Å². The fraction of sp³-hybridized carbons (Fsp3) is 0.125. The van der Waals surface area contributed by atoms with Crippen LogP contribution < -0.4 is 0 Å². The number of nitrogens with one attached hydrogen (secondary N) is 1. The molecule has 0 aliphatic rings. The normalized spacial score (nSPS) is 9.30. The highest BCUT2D eigenvalue weighted by molar-refractivity contribution is 6.06. The third kappa shape index (κ3) is 1.16. The van der Waals surface area contributed by atoms with Gasteiger partial charge in [0.1, 0.15) is 0 Å². The highest BCUT2D eigenvalue weighted by atomic mass is 16.1. The van der Waals surface area contributed by atoms with Crippen molar-refractivity contribution in [1.82, 2.24) is 4.98 Å². The Morgan fingerprint density at radius 3 is 2.80 bits per heavy atom. The number of Topliss-reactive ketones (excluding diaryl/α,β-unsaturated/α-hetero) is 1. The van der Waals surface area contributed by atoms with Crippen LogP contribution in [0.1, 0.15) is 17.4 Å². The van der Waals surface area contributed by atoms with E-state index in [0.29, 0.717) is 11.3 Å². The quantitative estimate of drug-likeness (QED) is 0.486. The first-order valence-corrected chi connectivity index (χ1v) is 3.05. The zero-order chi connectivity index (χ0) is 7.56. The van der Waals surface area contributed by atoms with Gasteiger partial charge in [-0.2, -0.15) is 0 Å². The van der Waals surface area contributed by atoms with Crippen molar-refractivity contribution in [1.29, 1.82) is 0 Å². The molecule has 1 rings (SSSR count). The third-order valence-electron chi connectivity index (χ3n) is 1.23. The van der Waals surface area contributed by atoms with Gasteiger partial charge in [0, 0.05) is 6.20 Å². The summed E-state index contributed by atoms with van der Waals surface area (Å²) in [6.07, 6.45) is 1.72. The number of carbonyl (C=O) groups is 1. The maximum atomic E-state index is 11.1. The largest absolute Gasteiger partial charge is 0.359 e. The first-order chi connectivity index (χ1) is 4.72. The Morgan fingerprint density at radius 2 is 2.40 bits per heavy atom. The Bertz CT molecular complexity index is 246. The van der Waals surface area contributed by atoms with Gasteiger partial charge in [0.05, 0.1) is 5.69 Å². The second-order valence-electron chi connectivity index (χ2n) is 2.19. The number of ketones is 1. The first-order valence-electron chi connectivity index (χ1n) is 3.05. The van der Waals surface area contributed by atoms with Crippen LogP contribution in [0, 0.1) is 0 Å². The number of H-pyrrole nitrogens is 1. The zero-order valence-electron chi connectivity index (χ0n) is 5.85. The van der Waals surface area contributed by atoms with E-state index in [0.717, 1.165) is 0 Å². The van der Waals surface area contributed by atoms with Crippen molar-refractivity contribution in [2.45, 2.75) is 6.92 Å². The lowest BCUT2D eigenvalue weighted by molar-refractivity contribution is 0.103. The fourth-order valence-corrected chi connectivity index (χ4v) is 0.701. The summed E-state index contributed by atoms with van der Waals surface area (Å²) in [6, 6.07) is 3.52. The minimum atomic E-state index is -0.0231. The summed E-state index contributed by atoms with van der Waals surface area (Å²) in [5.74, 6) is -0.0231. The average molecular weight is 135 g/mol. The van der Waals surface area contributed by atoms with E-state index >= 15 is 0 Å². The molecule has 0 saturated carbocycles. The lowest BCUT2D eigenvalue weighted by Gasteiger charge is -1.92. The number of aromatic nitrogens is 1. The van der Waals surface area contributed by atoms with E-state index < -0.39 is 0 Å². The highest BCUT2D eigenvalue weighted by Gasteiger charge is 2.04. The summed E-state index contributed by atoms with van der Waals surface area (Å²) in [6.45, 7) is 5.24. The summed E-state index contributed by atoms with van der Waals surface area (Å²) in [5, 5.41) is 0. The van der Waals surface area contributed by atoms with Crippen molar-refractivity contribution in [3.05, 3.63) is 36.2 Å². The minimum Gasteiger partial charge on any atom is -0.359 e. The van der Waals surface area contributed by atoms with Crippen molar-refractivity contribution in [2.24, 2.45) is 0 Å². The second-order valence-corrected chi connectivity index (χ2v) is 2.19. The molecule has 0 fully saturated rings. The molecular formula is C8H9NO. The van der Waals surface area contributed by atoms with Crippen LogP contribution in [0.4, 0.5) is 0 Å². The molecule has 1 heterocycles. The molecule has 0 radical (unpaired) electrons. The van der Waals surface area contributed by atoms with Crippen molar-refractivity contribution in [3.63, 3.8) is 0 Å². The van der Waals surface area contributed by atoms with Crippen LogP contribution in [0.25, 0.3) is 0 Å². The molecule has 0 bridgehead atoms. The summed E-state index contributed by atoms with van der Waals surface area (Å²) in [5.41, 5.74) is 1.16. The summed E-state index contributed by atoms with van der Waals surface area (Å²) in [4.78, 5) is 13.9. The molecule has 1 N–H and O–H groups in total. The van der Waals surface area contributed by atoms with Gasteiger partial charge in [0.2, 0.25) is 5.78 Å². The Labute approximate surface area is 59.6 Å². The predicted molar refractivity (Wildman–Crippen MR) is 39.9 cm³/mol. The summed E-state index contributed by atoms with van der Waals surface area (Å²) >= 11 is 0. The molecule has 2 nitrogen and oxygen atoms in total. The van der Waals surface area contributed by atoms with Crippen LogP contribution >= 0.6 is 0 Å². The van der Waals surface area contributed by atoms with Crippen LogP contribution in [-0.4, -0.2) is 10.8 Å². The van der Waals surface area contributed by atoms with Gasteiger partial charge in [-0.3, -0.25) is 4.79 Å². The smallest absolute Gasteiger partial charge is 0.204 e. The lowest BCUT2D eigenvalue weighted by atomic mass is 10.2. The van der Waals surface area contributed by atoms with Crippen molar-refractivity contribution in [2.75, 3.05) is 0 Å². The van der Waals surface area contributed by atoms with Crippen LogP contribution in [-0.2, 0) is 0 Å². The first kappa shape index (κ1) is 6.81. The standard InChI is InChI=1S/C8H9NO/c1-6(2)8(10)7-4-3-5-9-7/h3-5,9H,1H2,2H3. The number of carbonyl (C=O) groups excluding carboxylic acids is 1. The van der Waals surface area contributed by atoms with Gasteiger partial charge < -0.3 is 4.98 Å². The van der Waals surface area contributed by atoms with Crippen LogP contribution in [0.3, 0.4) is 0 Å². The number of hydrogen-bond acceptors (Lipinski definition) is 1. The van der Waals surface area contributed by atoms with E-state index in [1.165, 1.54) is 0 Å². The predicted octanol–water partition coefficient (Wildman–Crippen LogP) is 1.77. The van der Waals surface area contributed by atoms with Crippen LogP contribution in [0.15, 0.2) is 30.5 Å². The van der Waals surface area contributed by atoms with Gasteiger partial charge in [0.25, 0.3) is 0 Å². The molecule has 1 aromatic rings. The Kier molecular flexibility index (Phi) is 1.71. The monoisotopic (exact) mass is 135 g/mol. The summed E-state index contributed by atoms with van der Waals surface area (Å²) in [7, 11) is 0. The maximum absolute atomic E-state index is 11.1. The topological polar surface area (TPSA) is 32.9 Å². The van der Waals surface area contributed by atoms with E-state index in [1.54, 1.807) is 25.3 Å². The number of hydrogen-bond donors (Lipinski definition) is 1. The van der Waals surface area contributed by atoms with Crippen LogP contribution in [0.2, 0.25) is 0 Å². The van der Waals surface area contributed by atoms with Crippen molar-refractivity contribution in [3.8, 4) is 0 Å². The number of rotatable bonds is 2. The minimum absolute atomic E-state index is 0.0231. The molecule has 0 saturated heterocycles. The maximum Gasteiger partial charge on any atom is 0.204 e. The lowest BCUT2D eigenvalue weighted by Crippen LogP contribution is -1.98. The number of aromatic amines is 1. The average Bonchev–Trinajstić information content (AvgIpc) is 2.36. The zero-order valence-corrected chi connectivity index (χ0v) is 5.85. The molecular weight excluding hydrogens is 126 g/mol. The van der Waals surface area contributed by atoms with Gasteiger partial charge in [-0.1, -0.05) is 6.58 Å². The third-order valence-corrected chi connectivity index (χ3v) is 1.23. The van der Waals surface area contributed by atoms with Gasteiger partial charge in [-0.15, -0.1) is 0 Å². The number of allylic oxidation sites excluding steroid dienone is 1. The molecule has 0 spiro atoms. The molecule has 1 aromatic heterocycles. The van der Waals surface area contributed by atoms with E-state index in [4.69, 9.17) is 0 Å². The van der Waals surface area contributed by atoms with Gasteiger partial charge in [-0.05, 0) is 24.6 Å². The summed E-state index contributed by atoms with van der Waals surface area (Å²) < 4.78 is 0. The highest BCUT2D eigenvalue weighted by Crippen LogP contribution is 2.02.